The highest BCUT2D eigenvalue weighted by Crippen LogP contribution is 2.29. The van der Waals surface area contributed by atoms with Crippen molar-refractivity contribution in [2.24, 2.45) is 10.7 Å². The molecule has 2 aromatic carbocycles. The Morgan fingerprint density at radius 3 is 2.48 bits per heavy atom. The number of benzene rings is 2. The summed E-state index contributed by atoms with van der Waals surface area (Å²) in [5.41, 5.74) is 7.48. The molecule has 0 amide bonds. The molecule has 2 atom stereocenters. The monoisotopic (exact) mass is 432 g/mol. The summed E-state index contributed by atoms with van der Waals surface area (Å²) in [6, 6.07) is 12.1. The lowest BCUT2D eigenvalue weighted by Crippen LogP contribution is -2.51. The minimum Gasteiger partial charge on any atom is -0.352 e. The number of nitrogens with one attached hydrogen (secondary N) is 2. The fraction of sp³-hybridized carbons (Fsp3) is 0.391. The van der Waals surface area contributed by atoms with E-state index in [0.717, 1.165) is 37.8 Å². The SMILES string of the molecule is CC(=O)c1cccc(NC(=NCc2ccc(C(F)(F)F)cc2)N[C@H]2CCCC[C@@H]2N)c1. The molecular weight excluding hydrogens is 405 g/mol. The molecule has 4 N–H and O–H groups in total. The predicted octanol–water partition coefficient (Wildman–Crippen LogP) is 4.74. The van der Waals surface area contributed by atoms with Gasteiger partial charge in [-0.15, -0.1) is 0 Å². The van der Waals surface area contributed by atoms with Crippen LogP contribution < -0.4 is 16.4 Å². The maximum absolute atomic E-state index is 12.8. The van der Waals surface area contributed by atoms with Crippen LogP contribution >= 0.6 is 0 Å². The molecule has 1 aliphatic rings. The van der Waals surface area contributed by atoms with Crippen LogP contribution in [-0.2, 0) is 12.7 Å². The lowest BCUT2D eigenvalue weighted by molar-refractivity contribution is -0.137. The molecule has 0 radical (unpaired) electrons. The van der Waals surface area contributed by atoms with Gasteiger partial charge in [-0.05, 0) is 49.6 Å². The number of halogens is 3. The molecule has 0 aliphatic heterocycles. The number of ketones is 1. The van der Waals surface area contributed by atoms with E-state index in [2.05, 4.69) is 15.6 Å². The molecule has 5 nitrogen and oxygen atoms in total. The zero-order valence-electron chi connectivity index (χ0n) is 17.4. The van der Waals surface area contributed by atoms with Crippen molar-refractivity contribution < 1.29 is 18.0 Å². The summed E-state index contributed by atoms with van der Waals surface area (Å²) in [5, 5.41) is 6.56. The van der Waals surface area contributed by atoms with Gasteiger partial charge in [0, 0.05) is 23.3 Å². The van der Waals surface area contributed by atoms with Crippen LogP contribution in [0.5, 0.6) is 0 Å². The van der Waals surface area contributed by atoms with Gasteiger partial charge in [-0.3, -0.25) is 4.79 Å². The quantitative estimate of drug-likeness (QED) is 0.362. The molecule has 31 heavy (non-hydrogen) atoms. The average Bonchev–Trinajstić information content (AvgIpc) is 2.73. The molecular formula is C23H27F3N4O. The second-order valence-electron chi connectivity index (χ2n) is 7.82. The Kier molecular flexibility index (Phi) is 7.33. The minimum absolute atomic E-state index is 0.00428. The van der Waals surface area contributed by atoms with Gasteiger partial charge in [-0.25, -0.2) is 4.99 Å². The van der Waals surface area contributed by atoms with Gasteiger partial charge < -0.3 is 16.4 Å². The highest BCUT2D eigenvalue weighted by Gasteiger charge is 2.30. The molecule has 1 saturated carbocycles. The number of aliphatic imine (C=N–C) groups is 1. The zero-order valence-corrected chi connectivity index (χ0v) is 17.4. The lowest BCUT2D eigenvalue weighted by atomic mass is 9.91. The van der Waals surface area contributed by atoms with E-state index in [9.17, 15) is 18.0 Å². The summed E-state index contributed by atoms with van der Waals surface area (Å²) in [5.74, 6) is 0.428. The number of Topliss-reactive ketones (excluding diaryl/α,β-unsaturated/α-hetero) is 1. The molecule has 1 aliphatic carbocycles. The maximum atomic E-state index is 12.8. The topological polar surface area (TPSA) is 79.5 Å². The van der Waals surface area contributed by atoms with E-state index in [1.165, 1.54) is 19.1 Å². The smallest absolute Gasteiger partial charge is 0.352 e. The van der Waals surface area contributed by atoms with E-state index in [4.69, 9.17) is 5.73 Å². The summed E-state index contributed by atoms with van der Waals surface area (Å²) in [7, 11) is 0. The number of hydrogen-bond acceptors (Lipinski definition) is 3. The van der Waals surface area contributed by atoms with Crippen molar-refractivity contribution in [3.8, 4) is 0 Å². The number of alkyl halides is 3. The predicted molar refractivity (Wildman–Crippen MR) is 116 cm³/mol. The van der Waals surface area contributed by atoms with Gasteiger partial charge in [-0.1, -0.05) is 37.1 Å². The van der Waals surface area contributed by atoms with Gasteiger partial charge in [-0.2, -0.15) is 13.2 Å². The van der Waals surface area contributed by atoms with Crippen LogP contribution in [0.3, 0.4) is 0 Å². The normalized spacial score (nSPS) is 19.7. The molecule has 3 rings (SSSR count). The van der Waals surface area contributed by atoms with Crippen LogP contribution in [0.15, 0.2) is 53.5 Å². The number of guanidine groups is 1. The van der Waals surface area contributed by atoms with E-state index >= 15 is 0 Å². The van der Waals surface area contributed by atoms with E-state index < -0.39 is 11.7 Å². The minimum atomic E-state index is -4.37. The van der Waals surface area contributed by atoms with Crippen LogP contribution in [0, 0.1) is 0 Å². The van der Waals surface area contributed by atoms with Gasteiger partial charge in [0.1, 0.15) is 0 Å². The third kappa shape index (κ3) is 6.55. The summed E-state index contributed by atoms with van der Waals surface area (Å²) in [6.45, 7) is 1.69. The van der Waals surface area contributed by atoms with Crippen molar-refractivity contribution in [3.05, 3.63) is 65.2 Å². The number of anilines is 1. The highest BCUT2D eigenvalue weighted by molar-refractivity contribution is 5.98. The number of carbonyl (C=O) groups is 1. The van der Waals surface area contributed by atoms with E-state index in [1.807, 2.05) is 6.07 Å². The first kappa shape index (κ1) is 22.8. The molecule has 1 fully saturated rings. The first-order valence-corrected chi connectivity index (χ1v) is 10.3. The fourth-order valence-electron chi connectivity index (χ4n) is 3.56. The Bertz CT molecular complexity index is 925. The highest BCUT2D eigenvalue weighted by atomic mass is 19.4. The summed E-state index contributed by atoms with van der Waals surface area (Å²) in [6.07, 6.45) is -0.378. The van der Waals surface area contributed by atoms with Crippen molar-refractivity contribution in [3.63, 3.8) is 0 Å². The van der Waals surface area contributed by atoms with Gasteiger partial charge in [0.15, 0.2) is 11.7 Å². The number of nitrogens with zero attached hydrogens (tertiary/aromatic N) is 1. The number of nitrogens with two attached hydrogens (primary N) is 1. The largest absolute Gasteiger partial charge is 0.416 e. The van der Waals surface area contributed by atoms with E-state index in [0.29, 0.717) is 22.8 Å². The Morgan fingerprint density at radius 2 is 1.84 bits per heavy atom. The van der Waals surface area contributed by atoms with Gasteiger partial charge in [0.2, 0.25) is 0 Å². The fourth-order valence-corrected chi connectivity index (χ4v) is 3.56. The van der Waals surface area contributed by atoms with Crippen molar-refractivity contribution in [1.29, 1.82) is 0 Å². The number of carbonyl (C=O) groups excluding carboxylic acids is 1. The van der Waals surface area contributed by atoms with Crippen molar-refractivity contribution >= 4 is 17.4 Å². The maximum Gasteiger partial charge on any atom is 0.416 e. The van der Waals surface area contributed by atoms with Crippen LogP contribution in [0.4, 0.5) is 18.9 Å². The second kappa shape index (κ2) is 9.96. The van der Waals surface area contributed by atoms with E-state index in [1.54, 1.807) is 18.2 Å². The number of rotatable bonds is 5. The molecule has 0 aromatic heterocycles. The third-order valence-electron chi connectivity index (χ3n) is 5.37. The molecule has 0 spiro atoms. The molecule has 0 heterocycles. The molecule has 166 valence electrons. The van der Waals surface area contributed by atoms with Gasteiger partial charge in [0.05, 0.1) is 12.1 Å². The third-order valence-corrected chi connectivity index (χ3v) is 5.37. The van der Waals surface area contributed by atoms with Crippen LogP contribution in [-0.4, -0.2) is 23.8 Å². The van der Waals surface area contributed by atoms with E-state index in [-0.39, 0.29) is 24.4 Å². The number of hydrogen-bond donors (Lipinski definition) is 3. The summed E-state index contributed by atoms with van der Waals surface area (Å²) >= 11 is 0. The Balaban J connectivity index is 1.79. The standard InChI is InChI=1S/C23H27F3N4O/c1-15(31)17-5-4-6-19(13-17)29-22(30-21-8-3-2-7-20(21)27)28-14-16-9-11-18(12-10-16)23(24,25)26/h4-6,9-13,20-21H,2-3,7-8,14,27H2,1H3,(H2,28,29,30)/t20-,21-/m0/s1. The van der Waals surface area contributed by atoms with Crippen molar-refractivity contribution in [1.82, 2.24) is 5.32 Å². The lowest BCUT2D eigenvalue weighted by Gasteiger charge is -2.30. The molecule has 0 bridgehead atoms. The Hall–Kier alpha value is -2.87. The van der Waals surface area contributed by atoms with Crippen molar-refractivity contribution in [2.45, 2.75) is 57.4 Å². The average molecular weight is 432 g/mol. The zero-order chi connectivity index (χ0) is 22.4. The van der Waals surface area contributed by atoms with Crippen LogP contribution in [0.25, 0.3) is 0 Å². The van der Waals surface area contributed by atoms with Crippen LogP contribution in [0.2, 0.25) is 0 Å². The first-order valence-electron chi connectivity index (χ1n) is 10.3. The molecule has 0 saturated heterocycles. The summed E-state index contributed by atoms with van der Waals surface area (Å²) < 4.78 is 38.3. The van der Waals surface area contributed by atoms with Gasteiger partial charge in [0.25, 0.3) is 0 Å². The summed E-state index contributed by atoms with van der Waals surface area (Å²) in [4.78, 5) is 16.2. The van der Waals surface area contributed by atoms with Crippen LogP contribution in [0.1, 0.15) is 54.1 Å². The Labute approximate surface area is 179 Å². The molecule has 0 unspecified atom stereocenters. The second-order valence-corrected chi connectivity index (χ2v) is 7.82. The van der Waals surface area contributed by atoms with Crippen molar-refractivity contribution in [2.75, 3.05) is 5.32 Å². The van der Waals surface area contributed by atoms with Gasteiger partial charge >= 0.3 is 6.18 Å². The first-order chi connectivity index (χ1) is 14.7. The molecule has 8 heteroatoms. The molecule has 2 aromatic rings. The Morgan fingerprint density at radius 1 is 1.13 bits per heavy atom.